The first-order valence-corrected chi connectivity index (χ1v) is 5.09. The number of hydrogen-bond acceptors (Lipinski definition) is 5. The van der Waals surface area contributed by atoms with E-state index in [1.165, 1.54) is 12.1 Å². The molecule has 0 saturated carbocycles. The van der Waals surface area contributed by atoms with Crippen molar-refractivity contribution in [2.45, 2.75) is 6.92 Å². The van der Waals surface area contributed by atoms with Crippen LogP contribution in [0.2, 0.25) is 0 Å². The highest BCUT2D eigenvalue weighted by molar-refractivity contribution is 5.85. The van der Waals surface area contributed by atoms with Crippen LogP contribution in [0.3, 0.4) is 0 Å². The molecule has 1 heterocycles. The van der Waals surface area contributed by atoms with Crippen LogP contribution >= 0.6 is 0 Å². The number of carboxylic acid groups (broad SMARTS) is 1. The van der Waals surface area contributed by atoms with Gasteiger partial charge >= 0.3 is 5.97 Å². The molecule has 1 rings (SSSR count). The van der Waals surface area contributed by atoms with Crippen LogP contribution in [0.1, 0.15) is 17.4 Å². The van der Waals surface area contributed by atoms with Gasteiger partial charge < -0.3 is 15.3 Å². The van der Waals surface area contributed by atoms with Crippen LogP contribution in [0, 0.1) is 0 Å². The number of nitrogens with zero attached hydrogens (tertiary/aromatic N) is 3. The number of carboxylic acids is 1. The number of carbonyl (C=O) groups excluding carboxylic acids is 1. The minimum Gasteiger partial charge on any atom is -0.476 e. The summed E-state index contributed by atoms with van der Waals surface area (Å²) in [5.74, 6) is -0.838. The summed E-state index contributed by atoms with van der Waals surface area (Å²) >= 11 is 0. The minimum atomic E-state index is -1.13. The fourth-order valence-corrected chi connectivity index (χ4v) is 1.02. The van der Waals surface area contributed by atoms with Gasteiger partial charge in [0.25, 0.3) is 0 Å². The van der Waals surface area contributed by atoms with Gasteiger partial charge in [0.2, 0.25) is 5.91 Å². The second-order valence-corrected chi connectivity index (χ2v) is 3.37. The van der Waals surface area contributed by atoms with Crippen molar-refractivity contribution in [2.75, 3.05) is 25.5 Å². The topological polar surface area (TPSA) is 95.4 Å². The standard InChI is InChI=1S/C10H14N4O3/c1-3-14(2)9(15)6-11-8-5-4-7(10(16)17)12-13-8/h4-5H,3,6H2,1-2H3,(H,11,13)(H,16,17). The van der Waals surface area contributed by atoms with Gasteiger partial charge in [-0.05, 0) is 19.1 Å². The molecule has 0 atom stereocenters. The van der Waals surface area contributed by atoms with Crippen molar-refractivity contribution in [1.82, 2.24) is 15.1 Å². The number of amides is 1. The molecular weight excluding hydrogens is 224 g/mol. The fourth-order valence-electron chi connectivity index (χ4n) is 1.02. The number of carbonyl (C=O) groups is 2. The molecule has 0 aromatic carbocycles. The number of anilines is 1. The summed E-state index contributed by atoms with van der Waals surface area (Å²) in [4.78, 5) is 23.5. The zero-order chi connectivity index (χ0) is 12.8. The van der Waals surface area contributed by atoms with E-state index in [4.69, 9.17) is 5.11 Å². The monoisotopic (exact) mass is 238 g/mol. The van der Waals surface area contributed by atoms with Gasteiger partial charge in [-0.15, -0.1) is 10.2 Å². The Kier molecular flexibility index (Phi) is 4.38. The van der Waals surface area contributed by atoms with Gasteiger partial charge in [0, 0.05) is 13.6 Å². The molecular formula is C10H14N4O3. The van der Waals surface area contributed by atoms with Crippen LogP contribution in [0.4, 0.5) is 5.82 Å². The van der Waals surface area contributed by atoms with Gasteiger partial charge in [-0.2, -0.15) is 0 Å². The number of aromatic nitrogens is 2. The first-order chi connectivity index (χ1) is 8.04. The first-order valence-electron chi connectivity index (χ1n) is 5.09. The van der Waals surface area contributed by atoms with Crippen LogP contribution in [0.15, 0.2) is 12.1 Å². The molecule has 7 nitrogen and oxygen atoms in total. The Morgan fingerprint density at radius 3 is 2.59 bits per heavy atom. The number of nitrogens with one attached hydrogen (secondary N) is 1. The van der Waals surface area contributed by atoms with Crippen molar-refractivity contribution >= 4 is 17.7 Å². The van der Waals surface area contributed by atoms with Crippen LogP contribution in [-0.2, 0) is 4.79 Å². The van der Waals surface area contributed by atoms with Gasteiger partial charge in [0.15, 0.2) is 5.69 Å². The van der Waals surface area contributed by atoms with E-state index >= 15 is 0 Å². The van der Waals surface area contributed by atoms with E-state index in [1.807, 2.05) is 6.92 Å². The largest absolute Gasteiger partial charge is 0.476 e. The highest BCUT2D eigenvalue weighted by atomic mass is 16.4. The summed E-state index contributed by atoms with van der Waals surface area (Å²) in [6.07, 6.45) is 0. The quantitative estimate of drug-likeness (QED) is 0.753. The molecule has 0 unspecified atom stereocenters. The molecule has 0 spiro atoms. The Morgan fingerprint density at radius 1 is 1.41 bits per heavy atom. The van der Waals surface area contributed by atoms with Crippen LogP contribution < -0.4 is 5.32 Å². The predicted molar refractivity (Wildman–Crippen MR) is 60.8 cm³/mol. The molecule has 17 heavy (non-hydrogen) atoms. The summed E-state index contributed by atoms with van der Waals surface area (Å²) in [6, 6.07) is 2.79. The van der Waals surface area contributed by atoms with Gasteiger partial charge in [0.05, 0.1) is 6.54 Å². The van der Waals surface area contributed by atoms with E-state index in [0.717, 1.165) is 0 Å². The lowest BCUT2D eigenvalue weighted by atomic mass is 10.4. The molecule has 92 valence electrons. The molecule has 1 aromatic heterocycles. The average molecular weight is 238 g/mol. The molecule has 0 aliphatic heterocycles. The molecule has 0 fully saturated rings. The maximum atomic E-state index is 11.4. The Balaban J connectivity index is 2.53. The lowest BCUT2D eigenvalue weighted by molar-refractivity contribution is -0.127. The third-order valence-corrected chi connectivity index (χ3v) is 2.20. The van der Waals surface area contributed by atoms with Gasteiger partial charge in [-0.25, -0.2) is 4.79 Å². The van der Waals surface area contributed by atoms with E-state index in [0.29, 0.717) is 12.4 Å². The molecule has 0 saturated heterocycles. The van der Waals surface area contributed by atoms with E-state index in [9.17, 15) is 9.59 Å². The smallest absolute Gasteiger partial charge is 0.356 e. The zero-order valence-electron chi connectivity index (χ0n) is 9.67. The lowest BCUT2D eigenvalue weighted by Gasteiger charge is -2.14. The first kappa shape index (κ1) is 12.9. The van der Waals surface area contributed by atoms with Gasteiger partial charge in [-0.1, -0.05) is 0 Å². The summed E-state index contributed by atoms with van der Waals surface area (Å²) in [7, 11) is 1.70. The molecule has 2 N–H and O–H groups in total. The van der Waals surface area contributed by atoms with E-state index in [2.05, 4.69) is 15.5 Å². The maximum Gasteiger partial charge on any atom is 0.356 e. The Bertz CT molecular complexity index is 405. The summed E-state index contributed by atoms with van der Waals surface area (Å²) in [5.41, 5.74) is -0.132. The third-order valence-electron chi connectivity index (χ3n) is 2.20. The van der Waals surface area contributed by atoms with Crippen LogP contribution in [0.25, 0.3) is 0 Å². The zero-order valence-corrected chi connectivity index (χ0v) is 9.67. The second-order valence-electron chi connectivity index (χ2n) is 3.37. The Labute approximate surface area is 98.5 Å². The average Bonchev–Trinajstić information content (AvgIpc) is 2.35. The Morgan fingerprint density at radius 2 is 2.12 bits per heavy atom. The van der Waals surface area contributed by atoms with Gasteiger partial charge in [0.1, 0.15) is 5.82 Å². The lowest BCUT2D eigenvalue weighted by Crippen LogP contribution is -2.32. The molecule has 7 heteroatoms. The number of aromatic carboxylic acids is 1. The normalized spacial score (nSPS) is 9.76. The van der Waals surface area contributed by atoms with Crippen molar-refractivity contribution in [2.24, 2.45) is 0 Å². The van der Waals surface area contributed by atoms with Gasteiger partial charge in [-0.3, -0.25) is 4.79 Å². The molecule has 0 bridgehead atoms. The summed E-state index contributed by atoms with van der Waals surface area (Å²) in [6.45, 7) is 2.61. The predicted octanol–water partition coefficient (Wildman–Crippen LogP) is 0.0650. The maximum absolute atomic E-state index is 11.4. The van der Waals surface area contributed by atoms with Crippen molar-refractivity contribution in [3.8, 4) is 0 Å². The summed E-state index contributed by atoms with van der Waals surface area (Å²) < 4.78 is 0. The fraction of sp³-hybridized carbons (Fsp3) is 0.400. The number of hydrogen-bond donors (Lipinski definition) is 2. The number of likely N-dealkylation sites (N-methyl/N-ethyl adjacent to an activating group) is 1. The van der Waals surface area contributed by atoms with Crippen molar-refractivity contribution in [1.29, 1.82) is 0 Å². The van der Waals surface area contributed by atoms with Crippen LogP contribution in [-0.4, -0.2) is 52.2 Å². The Hall–Kier alpha value is -2.18. The van der Waals surface area contributed by atoms with Crippen molar-refractivity contribution in [3.63, 3.8) is 0 Å². The highest BCUT2D eigenvalue weighted by Crippen LogP contribution is 2.01. The minimum absolute atomic E-state index is 0.0726. The van der Waals surface area contributed by atoms with Crippen molar-refractivity contribution in [3.05, 3.63) is 17.8 Å². The molecule has 1 amide bonds. The molecule has 0 aliphatic rings. The molecule has 0 aliphatic carbocycles. The third kappa shape index (κ3) is 3.71. The second kappa shape index (κ2) is 5.78. The van der Waals surface area contributed by atoms with Crippen LogP contribution in [0.5, 0.6) is 0 Å². The van der Waals surface area contributed by atoms with Crippen molar-refractivity contribution < 1.29 is 14.7 Å². The summed E-state index contributed by atoms with van der Waals surface area (Å²) in [5, 5.41) is 18.5. The highest BCUT2D eigenvalue weighted by Gasteiger charge is 2.08. The van der Waals surface area contributed by atoms with E-state index in [1.54, 1.807) is 11.9 Å². The SMILES string of the molecule is CCN(C)C(=O)CNc1ccc(C(=O)O)nn1. The molecule has 1 aromatic rings. The molecule has 0 radical (unpaired) electrons. The number of rotatable bonds is 5. The van der Waals surface area contributed by atoms with E-state index in [-0.39, 0.29) is 18.1 Å². The van der Waals surface area contributed by atoms with E-state index < -0.39 is 5.97 Å².